The normalized spacial score (nSPS) is 24.6. The summed E-state index contributed by atoms with van der Waals surface area (Å²) < 4.78 is 5.68. The van der Waals surface area contributed by atoms with Gasteiger partial charge in [-0.1, -0.05) is 62.6 Å². The third-order valence-electron chi connectivity index (χ3n) is 5.04. The van der Waals surface area contributed by atoms with E-state index in [2.05, 4.69) is 42.9 Å². The van der Waals surface area contributed by atoms with Crippen LogP contribution in [0.5, 0.6) is 0 Å². The molecule has 1 fully saturated rings. The maximum atomic E-state index is 11.9. The fraction of sp³-hybridized carbons (Fsp3) is 0.611. The van der Waals surface area contributed by atoms with Gasteiger partial charge in [0.2, 0.25) is 0 Å². The van der Waals surface area contributed by atoms with E-state index in [1.807, 2.05) is 18.2 Å². The number of carbonyl (C=O) groups is 1. The van der Waals surface area contributed by atoms with Gasteiger partial charge in [-0.3, -0.25) is 4.79 Å². The molecule has 5 heteroatoms. The van der Waals surface area contributed by atoms with Crippen LogP contribution in [0.25, 0.3) is 10.4 Å². The smallest absolute Gasteiger partial charge is 0.311 e. The van der Waals surface area contributed by atoms with Crippen LogP contribution < -0.4 is 0 Å². The zero-order valence-electron chi connectivity index (χ0n) is 14.1. The zero-order chi connectivity index (χ0) is 16.9. The molecule has 0 unspecified atom stereocenters. The van der Waals surface area contributed by atoms with Crippen LogP contribution in [0.3, 0.4) is 0 Å². The molecular weight excluding hydrogens is 290 g/mol. The molecule has 1 aliphatic rings. The Morgan fingerprint density at radius 1 is 1.35 bits per heavy atom. The largest absolute Gasteiger partial charge is 0.462 e. The number of nitrogens with zero attached hydrogens (tertiary/aromatic N) is 3. The van der Waals surface area contributed by atoms with E-state index >= 15 is 0 Å². The van der Waals surface area contributed by atoms with Crippen molar-refractivity contribution in [3.8, 4) is 0 Å². The molecule has 1 aliphatic carbocycles. The summed E-state index contributed by atoms with van der Waals surface area (Å²) in [5.41, 5.74) is 9.52. The van der Waals surface area contributed by atoms with E-state index in [9.17, 15) is 4.79 Å². The Morgan fingerprint density at radius 3 is 2.70 bits per heavy atom. The molecule has 0 saturated heterocycles. The Balaban J connectivity index is 2.19. The van der Waals surface area contributed by atoms with Gasteiger partial charge in [0.25, 0.3) is 0 Å². The first-order valence-electron chi connectivity index (χ1n) is 8.21. The minimum Gasteiger partial charge on any atom is -0.462 e. The van der Waals surface area contributed by atoms with Crippen molar-refractivity contribution in [3.63, 3.8) is 0 Å². The summed E-state index contributed by atoms with van der Waals surface area (Å²) in [6, 6.07) is 10.4. The first-order chi connectivity index (χ1) is 10.9. The quantitative estimate of drug-likeness (QED) is 0.344. The summed E-state index contributed by atoms with van der Waals surface area (Å²) in [5.74, 6) is 0.363. The molecule has 1 saturated carbocycles. The van der Waals surface area contributed by atoms with Gasteiger partial charge in [-0.25, -0.2) is 0 Å². The summed E-state index contributed by atoms with van der Waals surface area (Å²) in [7, 11) is 0. The van der Waals surface area contributed by atoms with Crippen LogP contribution >= 0.6 is 0 Å². The van der Waals surface area contributed by atoms with Gasteiger partial charge in [0.1, 0.15) is 12.6 Å². The van der Waals surface area contributed by atoms with Gasteiger partial charge in [0.15, 0.2) is 0 Å². The molecule has 1 aromatic carbocycles. The van der Waals surface area contributed by atoms with Gasteiger partial charge >= 0.3 is 5.97 Å². The molecule has 0 amide bonds. The van der Waals surface area contributed by atoms with E-state index in [0.29, 0.717) is 5.92 Å². The molecule has 0 aliphatic heterocycles. The second-order valence-electron chi connectivity index (χ2n) is 7.03. The van der Waals surface area contributed by atoms with Crippen LogP contribution in [0.2, 0.25) is 0 Å². The minimum absolute atomic E-state index is 0.0785. The number of carbonyl (C=O) groups excluding carboxylic acids is 1. The third kappa shape index (κ3) is 4.26. The van der Waals surface area contributed by atoms with Crippen molar-refractivity contribution >= 4 is 5.97 Å². The zero-order valence-corrected chi connectivity index (χ0v) is 14.1. The molecule has 3 atom stereocenters. The Morgan fingerprint density at radius 2 is 2.04 bits per heavy atom. The van der Waals surface area contributed by atoms with E-state index in [0.717, 1.165) is 19.3 Å². The van der Waals surface area contributed by atoms with E-state index in [1.165, 1.54) is 5.56 Å². The van der Waals surface area contributed by atoms with Crippen molar-refractivity contribution in [3.05, 3.63) is 46.3 Å². The average Bonchev–Trinajstić information content (AvgIpc) is 2.53. The van der Waals surface area contributed by atoms with Gasteiger partial charge in [0, 0.05) is 10.8 Å². The number of hydrogen-bond acceptors (Lipinski definition) is 3. The highest BCUT2D eigenvalue weighted by atomic mass is 16.5. The highest BCUT2D eigenvalue weighted by molar-refractivity contribution is 5.72. The summed E-state index contributed by atoms with van der Waals surface area (Å²) >= 11 is 0. The summed E-state index contributed by atoms with van der Waals surface area (Å²) in [5, 5.41) is 3.31. The Labute approximate surface area is 137 Å². The van der Waals surface area contributed by atoms with Crippen LogP contribution in [0.1, 0.15) is 45.6 Å². The maximum Gasteiger partial charge on any atom is 0.311 e. The van der Waals surface area contributed by atoms with Crippen molar-refractivity contribution in [2.75, 3.05) is 6.54 Å². The highest BCUT2D eigenvalue weighted by Gasteiger charge is 2.41. The molecular formula is C18H25N3O2. The van der Waals surface area contributed by atoms with Crippen LogP contribution in [0, 0.1) is 11.8 Å². The number of benzene rings is 1. The number of ether oxygens (including phenoxy) is 1. The highest BCUT2D eigenvalue weighted by Crippen LogP contribution is 2.43. The van der Waals surface area contributed by atoms with Gasteiger partial charge in [-0.2, -0.15) is 0 Å². The van der Waals surface area contributed by atoms with E-state index < -0.39 is 5.97 Å². The first-order valence-corrected chi connectivity index (χ1v) is 8.21. The standard InChI is InChI=1S/C18H25N3O2/c1-13-9-10-15(16(11-13)23-17(22)12-20-21-19)18(2,3)14-7-5-4-6-8-14/h4-8,13,15-16H,9-12H2,1-3H3/t13-,15-,16-/m1/s1. The Bertz CT molecular complexity index is 579. The van der Waals surface area contributed by atoms with Crippen molar-refractivity contribution in [2.24, 2.45) is 17.0 Å². The van der Waals surface area contributed by atoms with Crippen molar-refractivity contribution in [1.29, 1.82) is 0 Å². The molecule has 5 nitrogen and oxygen atoms in total. The van der Waals surface area contributed by atoms with Crippen molar-refractivity contribution in [2.45, 2.75) is 51.6 Å². The molecule has 0 bridgehead atoms. The van der Waals surface area contributed by atoms with Crippen molar-refractivity contribution < 1.29 is 9.53 Å². The SMILES string of the molecule is C[C@@H]1CC[C@@H](C(C)(C)c2ccccc2)[C@H](OC(=O)CN=[N+]=[N-])C1. The molecule has 23 heavy (non-hydrogen) atoms. The lowest BCUT2D eigenvalue weighted by molar-refractivity contribution is -0.154. The predicted molar refractivity (Wildman–Crippen MR) is 89.9 cm³/mol. The number of azide groups is 1. The molecule has 0 N–H and O–H groups in total. The predicted octanol–water partition coefficient (Wildman–Crippen LogP) is 4.62. The molecule has 2 rings (SSSR count). The van der Waals surface area contributed by atoms with E-state index in [4.69, 9.17) is 10.3 Å². The maximum absolute atomic E-state index is 11.9. The monoisotopic (exact) mass is 315 g/mol. The fourth-order valence-electron chi connectivity index (χ4n) is 3.66. The molecule has 0 radical (unpaired) electrons. The van der Waals surface area contributed by atoms with Crippen molar-refractivity contribution in [1.82, 2.24) is 0 Å². The summed E-state index contributed by atoms with van der Waals surface area (Å²) in [6.07, 6.45) is 2.91. The minimum atomic E-state index is -0.434. The van der Waals surface area contributed by atoms with Crippen LogP contribution in [0.15, 0.2) is 35.4 Å². The second-order valence-corrected chi connectivity index (χ2v) is 7.03. The van der Waals surface area contributed by atoms with E-state index in [-0.39, 0.29) is 24.0 Å². The Hall–Kier alpha value is -2.00. The first kappa shape index (κ1) is 17.4. The molecule has 1 aromatic rings. The van der Waals surface area contributed by atoms with Gasteiger partial charge in [-0.15, -0.1) is 0 Å². The second kappa shape index (κ2) is 7.51. The van der Waals surface area contributed by atoms with Crippen LogP contribution in [0.4, 0.5) is 0 Å². The third-order valence-corrected chi connectivity index (χ3v) is 5.04. The van der Waals surface area contributed by atoms with E-state index in [1.54, 1.807) is 0 Å². The van der Waals surface area contributed by atoms with Gasteiger partial charge < -0.3 is 4.74 Å². The lowest BCUT2D eigenvalue weighted by Gasteiger charge is -2.43. The Kier molecular flexibility index (Phi) is 5.67. The summed E-state index contributed by atoms with van der Waals surface area (Å²) in [4.78, 5) is 14.5. The number of hydrogen-bond donors (Lipinski definition) is 0. The number of rotatable bonds is 5. The summed E-state index contributed by atoms with van der Waals surface area (Å²) in [6.45, 7) is 6.40. The van der Waals surface area contributed by atoms with Crippen LogP contribution in [-0.4, -0.2) is 18.6 Å². The molecule has 0 spiro atoms. The lowest BCUT2D eigenvalue weighted by atomic mass is 9.64. The van der Waals surface area contributed by atoms with Gasteiger partial charge in [0.05, 0.1) is 0 Å². The average molecular weight is 315 g/mol. The lowest BCUT2D eigenvalue weighted by Crippen LogP contribution is -2.43. The molecule has 0 aromatic heterocycles. The fourth-order valence-corrected chi connectivity index (χ4v) is 3.66. The van der Waals surface area contributed by atoms with Crippen LogP contribution in [-0.2, 0) is 14.9 Å². The molecule has 124 valence electrons. The number of esters is 1. The topological polar surface area (TPSA) is 75.1 Å². The van der Waals surface area contributed by atoms with Gasteiger partial charge in [-0.05, 0) is 35.3 Å². The molecule has 0 heterocycles.